The van der Waals surface area contributed by atoms with Crippen molar-refractivity contribution in [1.29, 1.82) is 0 Å². The van der Waals surface area contributed by atoms with E-state index in [1.807, 2.05) is 22.6 Å². The Labute approximate surface area is 78.4 Å². The van der Waals surface area contributed by atoms with E-state index in [4.69, 9.17) is 0 Å². The number of aryl methyl sites for hydroxylation is 1. The van der Waals surface area contributed by atoms with Gasteiger partial charge < -0.3 is 5.11 Å². The number of phenolic OH excluding ortho intramolecular Hbond substituents is 1. The Hall–Kier alpha value is -0.580. The zero-order valence-electron chi connectivity index (χ0n) is 5.97. The fourth-order valence-corrected chi connectivity index (χ4v) is 1.50. The molecule has 0 bridgehead atoms. The Bertz CT molecular complexity index is 294. The first-order chi connectivity index (χ1) is 5.16. The molecule has 0 amide bonds. The Morgan fingerprint density at radius 3 is 2.73 bits per heavy atom. The van der Waals surface area contributed by atoms with E-state index in [0.29, 0.717) is 9.13 Å². The third-order valence-electron chi connectivity index (χ3n) is 1.47. The molecule has 0 fully saturated rings. The molecule has 0 radical (unpaired) electrons. The number of carbonyl (C=O) groups excluding carboxylic acids is 1. The maximum absolute atomic E-state index is 10.4. The number of aldehydes is 1. The largest absolute Gasteiger partial charge is 0.507 e. The number of hydrogen-bond acceptors (Lipinski definition) is 2. The van der Waals surface area contributed by atoms with Crippen LogP contribution in [0.5, 0.6) is 5.75 Å². The van der Waals surface area contributed by atoms with Gasteiger partial charge in [0.05, 0.1) is 3.57 Å². The summed E-state index contributed by atoms with van der Waals surface area (Å²) in [6.07, 6.45) is 0.737. The third kappa shape index (κ3) is 1.53. The van der Waals surface area contributed by atoms with E-state index in [2.05, 4.69) is 0 Å². The highest BCUT2D eigenvalue weighted by Gasteiger charge is 2.05. The van der Waals surface area contributed by atoms with Gasteiger partial charge in [0.15, 0.2) is 6.29 Å². The molecule has 2 nitrogen and oxygen atoms in total. The lowest BCUT2D eigenvalue weighted by molar-refractivity contribution is 0.112. The van der Waals surface area contributed by atoms with Gasteiger partial charge in [-0.15, -0.1) is 0 Å². The van der Waals surface area contributed by atoms with Gasteiger partial charge in [0.2, 0.25) is 0 Å². The Balaban J connectivity index is 3.36. The smallest absolute Gasteiger partial charge is 0.151 e. The molecule has 1 aromatic carbocycles. The topological polar surface area (TPSA) is 37.3 Å². The molecule has 1 N–H and O–H groups in total. The predicted octanol–water partition coefficient (Wildman–Crippen LogP) is 2.12. The summed E-state index contributed by atoms with van der Waals surface area (Å²) in [5.74, 6) is 0.204. The second-order valence-corrected chi connectivity index (χ2v) is 3.33. The second kappa shape index (κ2) is 3.21. The molecule has 0 saturated heterocycles. The maximum atomic E-state index is 10.4. The molecular weight excluding hydrogens is 255 g/mol. The van der Waals surface area contributed by atoms with Crippen LogP contribution in [0, 0.1) is 10.5 Å². The average molecular weight is 262 g/mol. The molecule has 1 rings (SSSR count). The first-order valence-electron chi connectivity index (χ1n) is 3.10. The lowest BCUT2D eigenvalue weighted by atomic mass is 10.1. The van der Waals surface area contributed by atoms with Crippen LogP contribution in [0.4, 0.5) is 0 Å². The first-order valence-corrected chi connectivity index (χ1v) is 4.18. The summed E-state index contributed by atoms with van der Waals surface area (Å²) in [6, 6.07) is 3.42. The van der Waals surface area contributed by atoms with Crippen LogP contribution in [-0.4, -0.2) is 11.4 Å². The lowest BCUT2D eigenvalue weighted by Gasteiger charge is -2.02. The van der Waals surface area contributed by atoms with Gasteiger partial charge in [0.1, 0.15) is 5.75 Å². The molecule has 0 aliphatic carbocycles. The number of hydrogen-bond donors (Lipinski definition) is 1. The van der Waals surface area contributed by atoms with E-state index in [1.54, 1.807) is 19.1 Å². The van der Waals surface area contributed by atoms with Gasteiger partial charge in [-0.3, -0.25) is 4.79 Å². The summed E-state index contributed by atoms with van der Waals surface area (Å²) < 4.78 is 0.623. The Morgan fingerprint density at radius 1 is 1.55 bits per heavy atom. The lowest BCUT2D eigenvalue weighted by Crippen LogP contribution is -1.87. The van der Waals surface area contributed by atoms with Gasteiger partial charge in [-0.1, -0.05) is 12.1 Å². The van der Waals surface area contributed by atoms with Crippen molar-refractivity contribution < 1.29 is 9.90 Å². The minimum atomic E-state index is 0.204. The van der Waals surface area contributed by atoms with E-state index in [9.17, 15) is 9.90 Å². The molecular formula is C8H7IO2. The van der Waals surface area contributed by atoms with Crippen LogP contribution in [0.1, 0.15) is 15.9 Å². The average Bonchev–Trinajstić information content (AvgIpc) is 2.01. The van der Waals surface area contributed by atoms with Crippen molar-refractivity contribution >= 4 is 28.9 Å². The van der Waals surface area contributed by atoms with Crippen LogP contribution in [0.25, 0.3) is 0 Å². The molecule has 58 valence electrons. The fraction of sp³-hybridized carbons (Fsp3) is 0.125. The summed E-state index contributed by atoms with van der Waals surface area (Å²) >= 11 is 1.95. The van der Waals surface area contributed by atoms with Crippen molar-refractivity contribution in [2.24, 2.45) is 0 Å². The van der Waals surface area contributed by atoms with Crippen molar-refractivity contribution in [3.05, 3.63) is 26.8 Å². The van der Waals surface area contributed by atoms with Crippen LogP contribution in [0.2, 0.25) is 0 Å². The minimum Gasteiger partial charge on any atom is -0.507 e. The monoisotopic (exact) mass is 262 g/mol. The van der Waals surface area contributed by atoms with Crippen LogP contribution in [0.15, 0.2) is 12.1 Å². The number of carbonyl (C=O) groups is 1. The van der Waals surface area contributed by atoms with Gasteiger partial charge in [-0.05, 0) is 35.1 Å². The molecule has 0 atom stereocenters. The zero-order valence-corrected chi connectivity index (χ0v) is 8.12. The molecule has 0 aliphatic rings. The molecule has 3 heteroatoms. The minimum absolute atomic E-state index is 0.204. The summed E-state index contributed by atoms with van der Waals surface area (Å²) in [5, 5.41) is 9.35. The van der Waals surface area contributed by atoms with Gasteiger partial charge in [0, 0.05) is 5.56 Å². The number of rotatable bonds is 1. The highest BCUT2D eigenvalue weighted by atomic mass is 127. The van der Waals surface area contributed by atoms with Crippen molar-refractivity contribution in [3.63, 3.8) is 0 Å². The molecule has 0 aromatic heterocycles. The Kier molecular flexibility index (Phi) is 2.49. The van der Waals surface area contributed by atoms with Crippen LogP contribution in [-0.2, 0) is 0 Å². The van der Waals surface area contributed by atoms with Crippen molar-refractivity contribution in [1.82, 2.24) is 0 Å². The quantitative estimate of drug-likeness (QED) is 0.621. The molecule has 0 aliphatic heterocycles. The summed E-state index contributed by atoms with van der Waals surface area (Å²) in [6.45, 7) is 1.80. The van der Waals surface area contributed by atoms with Crippen LogP contribution < -0.4 is 0 Å². The number of phenols is 1. The van der Waals surface area contributed by atoms with Crippen molar-refractivity contribution in [2.75, 3.05) is 0 Å². The van der Waals surface area contributed by atoms with E-state index >= 15 is 0 Å². The number of halogens is 1. The highest BCUT2D eigenvalue weighted by Crippen LogP contribution is 2.25. The molecule has 0 heterocycles. The highest BCUT2D eigenvalue weighted by molar-refractivity contribution is 14.1. The summed E-state index contributed by atoms with van der Waals surface area (Å²) in [7, 11) is 0. The number of benzene rings is 1. The normalized spacial score (nSPS) is 9.64. The van der Waals surface area contributed by atoms with Crippen molar-refractivity contribution in [2.45, 2.75) is 6.92 Å². The van der Waals surface area contributed by atoms with Gasteiger partial charge in [-0.2, -0.15) is 0 Å². The maximum Gasteiger partial charge on any atom is 0.151 e. The third-order valence-corrected chi connectivity index (χ3v) is 2.61. The van der Waals surface area contributed by atoms with Gasteiger partial charge >= 0.3 is 0 Å². The van der Waals surface area contributed by atoms with Gasteiger partial charge in [-0.25, -0.2) is 0 Å². The van der Waals surface area contributed by atoms with Crippen molar-refractivity contribution in [3.8, 4) is 5.75 Å². The zero-order chi connectivity index (χ0) is 8.43. The Morgan fingerprint density at radius 2 is 2.18 bits per heavy atom. The fourth-order valence-electron chi connectivity index (χ4n) is 0.768. The van der Waals surface area contributed by atoms with E-state index in [0.717, 1.165) is 11.8 Å². The van der Waals surface area contributed by atoms with Crippen LogP contribution >= 0.6 is 22.6 Å². The van der Waals surface area contributed by atoms with Gasteiger partial charge in [0.25, 0.3) is 0 Å². The molecule has 11 heavy (non-hydrogen) atoms. The number of aromatic hydroxyl groups is 1. The molecule has 1 aromatic rings. The van der Waals surface area contributed by atoms with E-state index in [1.165, 1.54) is 0 Å². The first kappa shape index (κ1) is 8.52. The molecule has 0 unspecified atom stereocenters. The van der Waals surface area contributed by atoms with E-state index in [-0.39, 0.29) is 5.75 Å². The van der Waals surface area contributed by atoms with Crippen LogP contribution in [0.3, 0.4) is 0 Å². The SMILES string of the molecule is Cc1ccc(C=O)c(I)c1O. The van der Waals surface area contributed by atoms with E-state index < -0.39 is 0 Å². The molecule has 0 saturated carbocycles. The summed E-state index contributed by atoms with van der Waals surface area (Å²) in [5.41, 5.74) is 1.33. The second-order valence-electron chi connectivity index (χ2n) is 2.25. The molecule has 0 spiro atoms. The predicted molar refractivity (Wildman–Crippen MR) is 50.9 cm³/mol. The summed E-state index contributed by atoms with van der Waals surface area (Å²) in [4.78, 5) is 10.4. The standard InChI is InChI=1S/C8H7IO2/c1-5-2-3-6(4-10)7(9)8(5)11/h2-4,11H,1H3.